The van der Waals surface area contributed by atoms with Crippen molar-refractivity contribution in [3.63, 3.8) is 0 Å². The Labute approximate surface area is 119 Å². The lowest BCUT2D eigenvalue weighted by atomic mass is 9.97. The van der Waals surface area contributed by atoms with Crippen LogP contribution in [0.2, 0.25) is 0 Å². The SMILES string of the molecule is CC(C)Oc1cc(C(=O)O)cc2ccc(C(C)C)cc12. The Kier molecular flexibility index (Phi) is 3.98. The van der Waals surface area contributed by atoms with Crippen LogP contribution in [0.25, 0.3) is 10.8 Å². The molecule has 0 saturated heterocycles. The number of hydrogen-bond acceptors (Lipinski definition) is 2. The third-order valence-corrected chi connectivity index (χ3v) is 3.22. The van der Waals surface area contributed by atoms with Crippen LogP contribution < -0.4 is 4.74 Å². The Morgan fingerprint density at radius 2 is 1.80 bits per heavy atom. The van der Waals surface area contributed by atoms with E-state index in [1.807, 2.05) is 26.0 Å². The highest BCUT2D eigenvalue weighted by molar-refractivity contribution is 5.97. The summed E-state index contributed by atoms with van der Waals surface area (Å²) in [7, 11) is 0. The molecule has 106 valence electrons. The molecule has 0 amide bonds. The van der Waals surface area contributed by atoms with E-state index in [9.17, 15) is 9.90 Å². The van der Waals surface area contributed by atoms with E-state index in [4.69, 9.17) is 4.74 Å². The molecule has 0 spiro atoms. The minimum absolute atomic E-state index is 0.00458. The van der Waals surface area contributed by atoms with Crippen LogP contribution in [0.15, 0.2) is 30.3 Å². The minimum Gasteiger partial charge on any atom is -0.490 e. The van der Waals surface area contributed by atoms with Gasteiger partial charge in [0, 0.05) is 5.39 Å². The molecule has 0 fully saturated rings. The highest BCUT2D eigenvalue weighted by Crippen LogP contribution is 2.31. The summed E-state index contributed by atoms with van der Waals surface area (Å²) >= 11 is 0. The van der Waals surface area contributed by atoms with Crippen molar-refractivity contribution in [2.24, 2.45) is 0 Å². The number of rotatable bonds is 4. The number of aromatic carboxylic acids is 1. The fourth-order valence-electron chi connectivity index (χ4n) is 2.18. The van der Waals surface area contributed by atoms with Gasteiger partial charge in [-0.1, -0.05) is 26.0 Å². The van der Waals surface area contributed by atoms with Crippen LogP contribution in [0.3, 0.4) is 0 Å². The molecule has 3 nitrogen and oxygen atoms in total. The smallest absolute Gasteiger partial charge is 0.335 e. The van der Waals surface area contributed by atoms with Gasteiger partial charge in [0.15, 0.2) is 0 Å². The summed E-state index contributed by atoms with van der Waals surface area (Å²) in [5.41, 5.74) is 1.47. The van der Waals surface area contributed by atoms with E-state index in [0.717, 1.165) is 10.8 Å². The van der Waals surface area contributed by atoms with E-state index in [-0.39, 0.29) is 11.7 Å². The molecular weight excluding hydrogens is 252 g/mol. The molecular formula is C17H20O3. The van der Waals surface area contributed by atoms with Crippen molar-refractivity contribution in [3.8, 4) is 5.75 Å². The van der Waals surface area contributed by atoms with Gasteiger partial charge < -0.3 is 9.84 Å². The average molecular weight is 272 g/mol. The Bertz CT molecular complexity index is 642. The second-order valence-electron chi connectivity index (χ2n) is 5.58. The summed E-state index contributed by atoms with van der Waals surface area (Å²) in [5.74, 6) is 0.122. The van der Waals surface area contributed by atoms with Crippen molar-refractivity contribution < 1.29 is 14.6 Å². The van der Waals surface area contributed by atoms with Gasteiger partial charge in [-0.3, -0.25) is 0 Å². The molecule has 0 saturated carbocycles. The minimum atomic E-state index is -0.937. The van der Waals surface area contributed by atoms with Crippen molar-refractivity contribution in [3.05, 3.63) is 41.5 Å². The Balaban J connectivity index is 2.67. The zero-order valence-corrected chi connectivity index (χ0v) is 12.3. The van der Waals surface area contributed by atoms with Crippen LogP contribution >= 0.6 is 0 Å². The second-order valence-corrected chi connectivity index (χ2v) is 5.58. The van der Waals surface area contributed by atoms with Crippen LogP contribution in [0.5, 0.6) is 5.75 Å². The molecule has 2 aromatic carbocycles. The Morgan fingerprint density at radius 3 is 2.35 bits per heavy atom. The number of fused-ring (bicyclic) bond motifs is 1. The standard InChI is InChI=1S/C17H20O3/c1-10(2)12-5-6-13-7-14(17(18)19)9-16(15(13)8-12)20-11(3)4/h5-11H,1-4H3,(H,18,19). The van der Waals surface area contributed by atoms with Crippen molar-refractivity contribution in [1.29, 1.82) is 0 Å². The van der Waals surface area contributed by atoms with Crippen molar-refractivity contribution in [1.82, 2.24) is 0 Å². The van der Waals surface area contributed by atoms with Gasteiger partial charge in [-0.05, 0) is 48.9 Å². The van der Waals surface area contributed by atoms with Crippen molar-refractivity contribution >= 4 is 16.7 Å². The zero-order chi connectivity index (χ0) is 14.9. The van der Waals surface area contributed by atoms with E-state index in [0.29, 0.717) is 11.7 Å². The lowest BCUT2D eigenvalue weighted by Gasteiger charge is -2.15. The van der Waals surface area contributed by atoms with E-state index < -0.39 is 5.97 Å². The highest BCUT2D eigenvalue weighted by Gasteiger charge is 2.12. The van der Waals surface area contributed by atoms with Crippen LogP contribution in [-0.4, -0.2) is 17.2 Å². The molecule has 0 heterocycles. The average Bonchev–Trinajstić information content (AvgIpc) is 2.37. The van der Waals surface area contributed by atoms with Gasteiger partial charge in [0.05, 0.1) is 11.7 Å². The molecule has 0 aromatic heterocycles. The molecule has 0 aliphatic carbocycles. The van der Waals surface area contributed by atoms with Crippen molar-refractivity contribution in [2.75, 3.05) is 0 Å². The monoisotopic (exact) mass is 272 g/mol. The number of hydrogen-bond donors (Lipinski definition) is 1. The largest absolute Gasteiger partial charge is 0.490 e. The van der Waals surface area contributed by atoms with Crippen molar-refractivity contribution in [2.45, 2.75) is 39.7 Å². The number of carboxylic acids is 1. The number of benzene rings is 2. The maximum atomic E-state index is 11.2. The predicted molar refractivity (Wildman–Crippen MR) is 80.8 cm³/mol. The van der Waals surface area contributed by atoms with Gasteiger partial charge in [0.1, 0.15) is 5.75 Å². The lowest BCUT2D eigenvalue weighted by Crippen LogP contribution is -2.07. The lowest BCUT2D eigenvalue weighted by molar-refractivity contribution is 0.0696. The van der Waals surface area contributed by atoms with Gasteiger partial charge >= 0.3 is 5.97 Å². The van der Waals surface area contributed by atoms with E-state index in [2.05, 4.69) is 19.9 Å². The van der Waals surface area contributed by atoms with Gasteiger partial charge in [0.25, 0.3) is 0 Å². The van der Waals surface area contributed by atoms with Gasteiger partial charge in [-0.25, -0.2) is 4.79 Å². The summed E-state index contributed by atoms with van der Waals surface area (Å²) in [6, 6.07) is 9.38. The van der Waals surface area contributed by atoms with Gasteiger partial charge in [0.2, 0.25) is 0 Å². The fourth-order valence-corrected chi connectivity index (χ4v) is 2.18. The van der Waals surface area contributed by atoms with E-state index in [1.54, 1.807) is 12.1 Å². The predicted octanol–water partition coefficient (Wildman–Crippen LogP) is 4.45. The molecule has 0 radical (unpaired) electrons. The first-order chi connectivity index (χ1) is 9.38. The quantitative estimate of drug-likeness (QED) is 0.894. The molecule has 0 aliphatic heterocycles. The zero-order valence-electron chi connectivity index (χ0n) is 12.3. The summed E-state index contributed by atoms with van der Waals surface area (Å²) < 4.78 is 5.79. The second kappa shape index (κ2) is 5.53. The molecule has 3 heteroatoms. The first-order valence-electron chi connectivity index (χ1n) is 6.86. The highest BCUT2D eigenvalue weighted by atomic mass is 16.5. The molecule has 0 unspecified atom stereocenters. The normalized spacial score (nSPS) is 11.3. The molecule has 20 heavy (non-hydrogen) atoms. The molecule has 2 aromatic rings. The molecule has 0 aliphatic rings. The third-order valence-electron chi connectivity index (χ3n) is 3.22. The van der Waals surface area contributed by atoms with Gasteiger partial charge in [-0.15, -0.1) is 0 Å². The first kappa shape index (κ1) is 14.4. The van der Waals surface area contributed by atoms with E-state index in [1.165, 1.54) is 5.56 Å². The Hall–Kier alpha value is -2.03. The van der Waals surface area contributed by atoms with Crippen LogP contribution in [0, 0.1) is 0 Å². The maximum absolute atomic E-state index is 11.2. The molecule has 2 rings (SSSR count). The van der Waals surface area contributed by atoms with Crippen LogP contribution in [0.1, 0.15) is 49.5 Å². The molecule has 1 N–H and O–H groups in total. The number of carboxylic acid groups (broad SMARTS) is 1. The fraction of sp³-hybridized carbons (Fsp3) is 0.353. The Morgan fingerprint density at radius 1 is 1.10 bits per heavy atom. The summed E-state index contributed by atoms with van der Waals surface area (Å²) in [6.07, 6.45) is 0.00458. The maximum Gasteiger partial charge on any atom is 0.335 e. The summed E-state index contributed by atoms with van der Waals surface area (Å²) in [5, 5.41) is 11.1. The number of ether oxygens (including phenoxy) is 1. The van der Waals surface area contributed by atoms with Gasteiger partial charge in [-0.2, -0.15) is 0 Å². The molecule has 0 bridgehead atoms. The summed E-state index contributed by atoms with van der Waals surface area (Å²) in [6.45, 7) is 8.14. The first-order valence-corrected chi connectivity index (χ1v) is 6.86. The number of carbonyl (C=O) groups is 1. The molecule has 0 atom stereocenters. The summed E-state index contributed by atoms with van der Waals surface area (Å²) in [4.78, 5) is 11.2. The van der Waals surface area contributed by atoms with Crippen LogP contribution in [0.4, 0.5) is 0 Å². The topological polar surface area (TPSA) is 46.5 Å². The van der Waals surface area contributed by atoms with E-state index >= 15 is 0 Å². The van der Waals surface area contributed by atoms with Crippen LogP contribution in [-0.2, 0) is 0 Å². The third kappa shape index (κ3) is 2.93.